The van der Waals surface area contributed by atoms with Crippen LogP contribution in [0.3, 0.4) is 0 Å². The quantitative estimate of drug-likeness (QED) is 0.482. The lowest BCUT2D eigenvalue weighted by Crippen LogP contribution is -2.37. The molecule has 2 aromatic carbocycles. The molecule has 0 bridgehead atoms. The maximum atomic E-state index is 13.4. The monoisotopic (exact) mass is 458 g/mol. The Hall–Kier alpha value is -2.88. The van der Waals surface area contributed by atoms with Crippen molar-refractivity contribution < 1.29 is 27.2 Å². The zero-order valence-corrected chi connectivity index (χ0v) is 18.9. The second kappa shape index (κ2) is 9.72. The molecule has 1 aromatic heterocycles. The Bertz CT molecular complexity index is 1140. The number of hydrogen-bond acceptors (Lipinski definition) is 7. The SMILES string of the molecule is COc1ccc(OC)c(-c2cc(CN(C[C@@H]3CCCO3)S(=O)(=O)c3ccccc3)no2)c1. The summed E-state index contributed by atoms with van der Waals surface area (Å²) in [5.41, 5.74) is 1.16. The largest absolute Gasteiger partial charge is 0.497 e. The lowest BCUT2D eigenvalue weighted by molar-refractivity contribution is 0.0922. The fourth-order valence-electron chi connectivity index (χ4n) is 3.71. The number of hydrogen-bond donors (Lipinski definition) is 0. The molecule has 1 aliphatic heterocycles. The van der Waals surface area contributed by atoms with Crippen LogP contribution in [0.5, 0.6) is 11.5 Å². The van der Waals surface area contributed by atoms with Gasteiger partial charge in [0.1, 0.15) is 11.5 Å². The lowest BCUT2D eigenvalue weighted by atomic mass is 10.1. The van der Waals surface area contributed by atoms with Gasteiger partial charge in [0.05, 0.1) is 43.0 Å². The van der Waals surface area contributed by atoms with E-state index in [-0.39, 0.29) is 24.1 Å². The van der Waals surface area contributed by atoms with Gasteiger partial charge in [0.2, 0.25) is 10.0 Å². The zero-order chi connectivity index (χ0) is 22.6. The Morgan fingerprint density at radius 2 is 1.91 bits per heavy atom. The summed E-state index contributed by atoms with van der Waals surface area (Å²) in [4.78, 5) is 0.233. The minimum absolute atomic E-state index is 0.0624. The molecule has 0 aliphatic carbocycles. The van der Waals surface area contributed by atoms with Crippen LogP contribution in [-0.4, -0.2) is 51.4 Å². The summed E-state index contributed by atoms with van der Waals surface area (Å²) in [6.45, 7) is 0.961. The molecule has 4 rings (SSSR count). The van der Waals surface area contributed by atoms with Crippen molar-refractivity contribution in [3.05, 3.63) is 60.3 Å². The number of ether oxygens (including phenoxy) is 3. The molecule has 1 aliphatic rings. The van der Waals surface area contributed by atoms with Crippen molar-refractivity contribution in [1.29, 1.82) is 0 Å². The van der Waals surface area contributed by atoms with E-state index in [2.05, 4.69) is 5.16 Å². The van der Waals surface area contributed by atoms with E-state index in [0.717, 1.165) is 12.8 Å². The summed E-state index contributed by atoms with van der Waals surface area (Å²) in [5.74, 6) is 1.71. The molecule has 8 nitrogen and oxygen atoms in total. The average Bonchev–Trinajstić information content (AvgIpc) is 3.51. The summed E-state index contributed by atoms with van der Waals surface area (Å²) < 4.78 is 50.1. The molecule has 2 heterocycles. The lowest BCUT2D eigenvalue weighted by Gasteiger charge is -2.24. The Morgan fingerprint density at radius 1 is 1.09 bits per heavy atom. The molecule has 1 saturated heterocycles. The van der Waals surface area contributed by atoms with E-state index < -0.39 is 10.0 Å². The first-order chi connectivity index (χ1) is 15.5. The first kappa shape index (κ1) is 22.3. The summed E-state index contributed by atoms with van der Waals surface area (Å²) in [6, 6.07) is 15.5. The van der Waals surface area contributed by atoms with Gasteiger partial charge < -0.3 is 18.7 Å². The minimum Gasteiger partial charge on any atom is -0.497 e. The van der Waals surface area contributed by atoms with Crippen molar-refractivity contribution in [3.8, 4) is 22.8 Å². The second-order valence-electron chi connectivity index (χ2n) is 7.49. The van der Waals surface area contributed by atoms with Crippen LogP contribution in [0.2, 0.25) is 0 Å². The third-order valence-electron chi connectivity index (χ3n) is 5.38. The third-order valence-corrected chi connectivity index (χ3v) is 7.21. The molecular formula is C23H26N2O6S. The van der Waals surface area contributed by atoms with Gasteiger partial charge >= 0.3 is 0 Å². The third kappa shape index (κ3) is 4.79. The summed E-state index contributed by atoms with van der Waals surface area (Å²) in [5, 5.41) is 4.13. The van der Waals surface area contributed by atoms with E-state index in [1.165, 1.54) is 4.31 Å². The van der Waals surface area contributed by atoms with Crippen molar-refractivity contribution >= 4 is 10.0 Å². The second-order valence-corrected chi connectivity index (χ2v) is 9.43. The topological polar surface area (TPSA) is 91.1 Å². The van der Waals surface area contributed by atoms with Crippen LogP contribution < -0.4 is 9.47 Å². The normalized spacial score (nSPS) is 16.4. The van der Waals surface area contributed by atoms with E-state index in [1.807, 2.05) is 0 Å². The highest BCUT2D eigenvalue weighted by atomic mass is 32.2. The van der Waals surface area contributed by atoms with Gasteiger partial charge in [0.15, 0.2) is 5.76 Å². The van der Waals surface area contributed by atoms with Crippen molar-refractivity contribution in [3.63, 3.8) is 0 Å². The highest BCUT2D eigenvalue weighted by molar-refractivity contribution is 7.89. The summed E-state index contributed by atoms with van der Waals surface area (Å²) >= 11 is 0. The molecule has 3 aromatic rings. The first-order valence-corrected chi connectivity index (χ1v) is 11.8. The van der Waals surface area contributed by atoms with Gasteiger partial charge in [-0.25, -0.2) is 8.42 Å². The minimum atomic E-state index is -3.74. The van der Waals surface area contributed by atoms with Crippen molar-refractivity contribution in [2.75, 3.05) is 27.4 Å². The van der Waals surface area contributed by atoms with Crippen LogP contribution in [0.1, 0.15) is 18.5 Å². The standard InChI is InChI=1S/C23H26N2O6S/c1-28-18-10-11-22(29-2)21(14-18)23-13-17(24-31-23)15-25(16-19-7-6-12-30-19)32(26,27)20-8-4-3-5-9-20/h3-5,8-11,13-14,19H,6-7,12,15-16H2,1-2H3/t19-/m0/s1. The van der Waals surface area contributed by atoms with Crippen LogP contribution in [0.15, 0.2) is 64.0 Å². The van der Waals surface area contributed by atoms with Gasteiger partial charge in [0, 0.05) is 19.2 Å². The van der Waals surface area contributed by atoms with Crippen molar-refractivity contribution in [1.82, 2.24) is 9.46 Å². The van der Waals surface area contributed by atoms with Crippen LogP contribution in [0, 0.1) is 0 Å². The van der Waals surface area contributed by atoms with Gasteiger partial charge in [-0.05, 0) is 43.2 Å². The molecule has 9 heteroatoms. The van der Waals surface area contributed by atoms with Crippen molar-refractivity contribution in [2.45, 2.75) is 30.4 Å². The van der Waals surface area contributed by atoms with Crippen molar-refractivity contribution in [2.24, 2.45) is 0 Å². The molecule has 0 spiro atoms. The van der Waals surface area contributed by atoms with Crippen LogP contribution >= 0.6 is 0 Å². The fourth-order valence-corrected chi connectivity index (χ4v) is 5.17. The number of rotatable bonds is 9. The molecule has 0 radical (unpaired) electrons. The Labute approximate surface area is 187 Å². The van der Waals surface area contributed by atoms with E-state index in [4.69, 9.17) is 18.7 Å². The highest BCUT2D eigenvalue weighted by Crippen LogP contribution is 2.34. The molecule has 0 N–H and O–H groups in total. The number of nitrogens with zero attached hydrogens (tertiary/aromatic N) is 2. The molecule has 1 atom stereocenters. The Balaban J connectivity index is 1.63. The van der Waals surface area contributed by atoms with Crippen LogP contribution in [-0.2, 0) is 21.3 Å². The smallest absolute Gasteiger partial charge is 0.243 e. The molecule has 32 heavy (non-hydrogen) atoms. The summed E-state index contributed by atoms with van der Waals surface area (Å²) in [6.07, 6.45) is 1.61. The Kier molecular flexibility index (Phi) is 6.78. The Morgan fingerprint density at radius 3 is 2.59 bits per heavy atom. The van der Waals surface area contributed by atoms with E-state index >= 15 is 0 Å². The van der Waals surface area contributed by atoms with Gasteiger partial charge in [0.25, 0.3) is 0 Å². The predicted molar refractivity (Wildman–Crippen MR) is 118 cm³/mol. The molecule has 170 valence electrons. The van der Waals surface area contributed by atoms with Gasteiger partial charge in [-0.15, -0.1) is 0 Å². The van der Waals surface area contributed by atoms with Crippen LogP contribution in [0.4, 0.5) is 0 Å². The van der Waals surface area contributed by atoms with Crippen LogP contribution in [0.25, 0.3) is 11.3 Å². The van der Waals surface area contributed by atoms with Gasteiger partial charge in [-0.2, -0.15) is 4.31 Å². The molecule has 1 fully saturated rings. The van der Waals surface area contributed by atoms with E-state index in [9.17, 15) is 8.42 Å². The fraction of sp³-hybridized carbons (Fsp3) is 0.348. The molecule has 0 amide bonds. The maximum Gasteiger partial charge on any atom is 0.243 e. The summed E-state index contributed by atoms with van der Waals surface area (Å²) in [7, 11) is -0.593. The number of sulfonamides is 1. The molecule has 0 unspecified atom stereocenters. The van der Waals surface area contributed by atoms with E-state index in [1.54, 1.807) is 68.8 Å². The van der Waals surface area contributed by atoms with E-state index in [0.29, 0.717) is 35.1 Å². The molecular weight excluding hydrogens is 432 g/mol. The highest BCUT2D eigenvalue weighted by Gasteiger charge is 2.30. The zero-order valence-electron chi connectivity index (χ0n) is 18.1. The number of aromatic nitrogens is 1. The maximum absolute atomic E-state index is 13.4. The number of methoxy groups -OCH3 is 2. The molecule has 0 saturated carbocycles. The first-order valence-electron chi connectivity index (χ1n) is 10.4. The predicted octanol–water partition coefficient (Wildman–Crippen LogP) is 3.73. The number of benzene rings is 2. The van der Waals surface area contributed by atoms with Gasteiger partial charge in [-0.3, -0.25) is 0 Å². The van der Waals surface area contributed by atoms with Gasteiger partial charge in [-0.1, -0.05) is 23.4 Å². The average molecular weight is 459 g/mol.